The van der Waals surface area contributed by atoms with E-state index in [9.17, 15) is 4.79 Å². The van der Waals surface area contributed by atoms with Crippen molar-refractivity contribution in [2.45, 2.75) is 48.4 Å². The third-order valence-corrected chi connectivity index (χ3v) is 5.43. The van der Waals surface area contributed by atoms with Crippen molar-refractivity contribution in [3.63, 3.8) is 0 Å². The lowest BCUT2D eigenvalue weighted by atomic mass is 9.94. The Bertz CT molecular complexity index is 768. The van der Waals surface area contributed by atoms with Crippen LogP contribution in [0.5, 0.6) is 0 Å². The minimum Gasteiger partial charge on any atom is -0.368 e. The van der Waals surface area contributed by atoms with Crippen molar-refractivity contribution in [3.8, 4) is 0 Å². The number of Topliss-reactive ketones (excluding diaryl/α,β-unsaturated/α-hetero) is 1. The predicted octanol–water partition coefficient (Wildman–Crippen LogP) is 4.10. The van der Waals surface area contributed by atoms with Crippen LogP contribution in [-0.4, -0.2) is 21.8 Å². The Kier molecular flexibility index (Phi) is 5.26. The van der Waals surface area contributed by atoms with Crippen molar-refractivity contribution in [3.05, 3.63) is 35.0 Å². The van der Waals surface area contributed by atoms with Crippen molar-refractivity contribution in [1.82, 2.24) is 9.97 Å². The van der Waals surface area contributed by atoms with E-state index in [0.717, 1.165) is 34.6 Å². The number of aromatic nitrogens is 2. The SMILES string of the molecule is Cc1cc(Cl)ccc1Sc1cnc(N)nc1NC1CCCCC1=O. The Balaban J connectivity index is 1.86. The number of carbonyl (C=O) groups is 1. The molecule has 0 spiro atoms. The van der Waals surface area contributed by atoms with E-state index in [4.69, 9.17) is 17.3 Å². The number of ketones is 1. The second-order valence-electron chi connectivity index (χ2n) is 5.86. The van der Waals surface area contributed by atoms with E-state index in [1.807, 2.05) is 25.1 Å². The van der Waals surface area contributed by atoms with Gasteiger partial charge >= 0.3 is 0 Å². The van der Waals surface area contributed by atoms with Crippen LogP contribution >= 0.6 is 23.4 Å². The van der Waals surface area contributed by atoms with Crippen LogP contribution < -0.4 is 11.1 Å². The van der Waals surface area contributed by atoms with E-state index < -0.39 is 0 Å². The van der Waals surface area contributed by atoms with Gasteiger partial charge in [-0.05, 0) is 43.5 Å². The minimum absolute atomic E-state index is 0.193. The van der Waals surface area contributed by atoms with Crippen molar-refractivity contribution < 1.29 is 4.79 Å². The first-order chi connectivity index (χ1) is 11.5. The molecule has 1 aromatic heterocycles. The molecule has 0 bridgehead atoms. The van der Waals surface area contributed by atoms with E-state index in [-0.39, 0.29) is 17.8 Å². The summed E-state index contributed by atoms with van der Waals surface area (Å²) in [5, 5.41) is 3.97. The number of nitrogens with two attached hydrogens (primary N) is 1. The van der Waals surface area contributed by atoms with E-state index in [0.29, 0.717) is 17.3 Å². The molecule has 1 unspecified atom stereocenters. The van der Waals surface area contributed by atoms with Crippen LogP contribution in [0.15, 0.2) is 34.2 Å². The Hall–Kier alpha value is -1.79. The van der Waals surface area contributed by atoms with Gasteiger partial charge in [-0.15, -0.1) is 0 Å². The van der Waals surface area contributed by atoms with Gasteiger partial charge in [0.15, 0.2) is 5.78 Å². The van der Waals surface area contributed by atoms with Gasteiger partial charge in [-0.1, -0.05) is 29.8 Å². The quantitative estimate of drug-likeness (QED) is 0.852. The molecule has 126 valence electrons. The summed E-state index contributed by atoms with van der Waals surface area (Å²) in [6.07, 6.45) is 5.15. The summed E-state index contributed by atoms with van der Waals surface area (Å²) in [5.41, 5.74) is 6.81. The van der Waals surface area contributed by atoms with Crippen molar-refractivity contribution in [1.29, 1.82) is 0 Å². The highest BCUT2D eigenvalue weighted by Crippen LogP contribution is 2.35. The fourth-order valence-electron chi connectivity index (χ4n) is 2.71. The molecule has 1 aliphatic rings. The Morgan fingerprint density at radius 1 is 1.33 bits per heavy atom. The summed E-state index contributed by atoms with van der Waals surface area (Å²) in [7, 11) is 0. The molecule has 0 aliphatic heterocycles. The number of hydrogen-bond acceptors (Lipinski definition) is 6. The van der Waals surface area contributed by atoms with Gasteiger partial charge < -0.3 is 11.1 Å². The maximum Gasteiger partial charge on any atom is 0.221 e. The summed E-state index contributed by atoms with van der Waals surface area (Å²) in [5.74, 6) is 1.04. The normalized spacial score (nSPS) is 17.8. The smallest absolute Gasteiger partial charge is 0.221 e. The van der Waals surface area contributed by atoms with Gasteiger partial charge in [0, 0.05) is 22.5 Å². The molecule has 24 heavy (non-hydrogen) atoms. The average Bonchev–Trinajstić information content (AvgIpc) is 2.54. The molecule has 0 saturated heterocycles. The van der Waals surface area contributed by atoms with Crippen LogP contribution in [-0.2, 0) is 4.79 Å². The molecule has 1 fully saturated rings. The largest absolute Gasteiger partial charge is 0.368 e. The first-order valence-corrected chi connectivity index (χ1v) is 9.08. The topological polar surface area (TPSA) is 80.9 Å². The summed E-state index contributed by atoms with van der Waals surface area (Å²) < 4.78 is 0. The highest BCUT2D eigenvalue weighted by Gasteiger charge is 2.23. The number of nitrogens with one attached hydrogen (secondary N) is 1. The Morgan fingerprint density at radius 3 is 2.92 bits per heavy atom. The van der Waals surface area contributed by atoms with Gasteiger partial charge in [0.05, 0.1) is 10.9 Å². The van der Waals surface area contributed by atoms with Crippen LogP contribution in [0.3, 0.4) is 0 Å². The lowest BCUT2D eigenvalue weighted by Gasteiger charge is -2.23. The molecule has 1 aromatic carbocycles. The summed E-state index contributed by atoms with van der Waals surface area (Å²) in [6.45, 7) is 2.00. The molecule has 3 N–H and O–H groups in total. The van der Waals surface area contributed by atoms with Crippen LogP contribution in [0.1, 0.15) is 31.2 Å². The van der Waals surface area contributed by atoms with Gasteiger partial charge in [-0.2, -0.15) is 4.98 Å². The van der Waals surface area contributed by atoms with Crippen molar-refractivity contribution >= 4 is 40.9 Å². The van der Waals surface area contributed by atoms with Gasteiger partial charge in [0.2, 0.25) is 5.95 Å². The molecule has 1 saturated carbocycles. The highest BCUT2D eigenvalue weighted by molar-refractivity contribution is 7.99. The van der Waals surface area contributed by atoms with Crippen LogP contribution in [0.2, 0.25) is 5.02 Å². The molecule has 1 heterocycles. The molecular weight excluding hydrogens is 344 g/mol. The molecule has 1 aliphatic carbocycles. The van der Waals surface area contributed by atoms with E-state index >= 15 is 0 Å². The molecule has 7 heteroatoms. The van der Waals surface area contributed by atoms with Gasteiger partial charge in [0.25, 0.3) is 0 Å². The third-order valence-electron chi connectivity index (χ3n) is 4.00. The third kappa shape index (κ3) is 3.99. The number of rotatable bonds is 4. The molecule has 0 amide bonds. The number of nitrogens with zero attached hydrogens (tertiary/aromatic N) is 2. The standard InChI is InChI=1S/C17H19ClN4OS/c1-10-8-11(18)6-7-14(10)24-15-9-20-17(19)22-16(15)21-12-4-2-3-5-13(12)23/h6-9,12H,2-5H2,1H3,(H3,19,20,21,22). The number of carbonyl (C=O) groups excluding carboxylic acids is 1. The van der Waals surface area contributed by atoms with E-state index in [2.05, 4.69) is 15.3 Å². The van der Waals surface area contributed by atoms with Gasteiger partial charge in [-0.3, -0.25) is 4.79 Å². The second kappa shape index (κ2) is 7.40. The maximum absolute atomic E-state index is 12.1. The fraction of sp³-hybridized carbons (Fsp3) is 0.353. The predicted molar refractivity (Wildman–Crippen MR) is 97.6 cm³/mol. The average molecular weight is 363 g/mol. The van der Waals surface area contributed by atoms with Crippen molar-refractivity contribution in [2.24, 2.45) is 0 Å². The zero-order valence-corrected chi connectivity index (χ0v) is 15.0. The fourth-order valence-corrected chi connectivity index (χ4v) is 3.84. The molecule has 0 radical (unpaired) electrons. The number of benzene rings is 1. The van der Waals surface area contributed by atoms with Gasteiger partial charge in [-0.25, -0.2) is 4.98 Å². The Labute approximate surface area is 150 Å². The van der Waals surface area contributed by atoms with E-state index in [1.54, 1.807) is 6.20 Å². The zero-order valence-electron chi connectivity index (χ0n) is 13.4. The lowest BCUT2D eigenvalue weighted by molar-refractivity contribution is -0.121. The van der Waals surface area contributed by atoms with Gasteiger partial charge in [0.1, 0.15) is 5.82 Å². The minimum atomic E-state index is -0.196. The first-order valence-electron chi connectivity index (χ1n) is 7.88. The lowest BCUT2D eigenvalue weighted by Crippen LogP contribution is -2.32. The zero-order chi connectivity index (χ0) is 17.1. The summed E-state index contributed by atoms with van der Waals surface area (Å²) in [6, 6.07) is 5.54. The maximum atomic E-state index is 12.1. The molecule has 3 rings (SSSR count). The van der Waals surface area contributed by atoms with Crippen LogP contribution in [0.4, 0.5) is 11.8 Å². The van der Waals surface area contributed by atoms with Crippen LogP contribution in [0.25, 0.3) is 0 Å². The molecule has 2 aromatic rings. The number of nitrogen functional groups attached to an aromatic ring is 1. The number of anilines is 2. The van der Waals surface area contributed by atoms with Crippen LogP contribution in [0, 0.1) is 6.92 Å². The number of halogens is 1. The van der Waals surface area contributed by atoms with E-state index in [1.165, 1.54) is 11.8 Å². The molecular formula is C17H19ClN4OS. The highest BCUT2D eigenvalue weighted by atomic mass is 35.5. The number of hydrogen-bond donors (Lipinski definition) is 2. The molecule has 5 nitrogen and oxygen atoms in total. The Morgan fingerprint density at radius 2 is 2.17 bits per heavy atom. The molecule has 1 atom stereocenters. The van der Waals surface area contributed by atoms with Crippen molar-refractivity contribution in [2.75, 3.05) is 11.1 Å². The summed E-state index contributed by atoms with van der Waals surface area (Å²) in [4.78, 5) is 22.4. The monoisotopic (exact) mass is 362 g/mol. The number of aryl methyl sites for hydroxylation is 1. The first kappa shape index (κ1) is 17.0. The summed E-state index contributed by atoms with van der Waals surface area (Å²) >= 11 is 7.55. The second-order valence-corrected chi connectivity index (χ2v) is 7.38.